The number of carbonyl (C=O) groups is 1. The van der Waals surface area contributed by atoms with E-state index in [1.165, 1.54) is 23.9 Å². The topological polar surface area (TPSA) is 78.3 Å². The van der Waals surface area contributed by atoms with Gasteiger partial charge < -0.3 is 14.8 Å². The van der Waals surface area contributed by atoms with Gasteiger partial charge in [0.05, 0.1) is 12.9 Å². The summed E-state index contributed by atoms with van der Waals surface area (Å²) < 4.78 is 26.5. The number of hydrogen-bond acceptors (Lipinski definition) is 6. The Balaban J connectivity index is 1.49. The van der Waals surface area contributed by atoms with E-state index in [2.05, 4.69) is 15.5 Å². The molecule has 0 bridgehead atoms. The predicted molar refractivity (Wildman–Crippen MR) is 132 cm³/mol. The smallest absolute Gasteiger partial charge is 0.230 e. The summed E-state index contributed by atoms with van der Waals surface area (Å²) in [5.74, 6) is 1.49. The van der Waals surface area contributed by atoms with Gasteiger partial charge in [-0.25, -0.2) is 4.39 Å². The van der Waals surface area contributed by atoms with E-state index in [-0.39, 0.29) is 17.5 Å². The third-order valence-electron chi connectivity index (χ3n) is 5.14. The van der Waals surface area contributed by atoms with E-state index in [9.17, 15) is 9.18 Å². The average molecular weight is 493 g/mol. The molecular formula is C26H25FN4O3S. The maximum atomic E-state index is 13.1. The van der Waals surface area contributed by atoms with Crippen molar-refractivity contribution in [1.29, 1.82) is 0 Å². The summed E-state index contributed by atoms with van der Waals surface area (Å²) in [6.45, 7) is 2.21. The van der Waals surface area contributed by atoms with Crippen LogP contribution in [0, 0.1) is 5.82 Å². The predicted octanol–water partition coefficient (Wildman–Crippen LogP) is 4.96. The molecule has 0 saturated carbocycles. The molecule has 1 atom stereocenters. The molecule has 1 unspecified atom stereocenters. The molecule has 0 saturated heterocycles. The number of nitrogens with one attached hydrogen (secondary N) is 1. The van der Waals surface area contributed by atoms with Gasteiger partial charge in [0, 0.05) is 12.2 Å². The van der Waals surface area contributed by atoms with Gasteiger partial charge in [-0.3, -0.25) is 9.36 Å². The molecule has 35 heavy (non-hydrogen) atoms. The molecule has 3 aromatic carbocycles. The average Bonchev–Trinajstić information content (AvgIpc) is 3.32. The van der Waals surface area contributed by atoms with Crippen LogP contribution in [0.4, 0.5) is 4.39 Å². The number of carbonyl (C=O) groups excluding carboxylic acids is 1. The highest BCUT2D eigenvalue weighted by molar-refractivity contribution is 7.99. The van der Waals surface area contributed by atoms with Gasteiger partial charge in [-0.2, -0.15) is 0 Å². The van der Waals surface area contributed by atoms with Crippen LogP contribution in [0.2, 0.25) is 0 Å². The van der Waals surface area contributed by atoms with Crippen LogP contribution in [0.25, 0.3) is 5.69 Å². The molecule has 0 aliphatic heterocycles. The van der Waals surface area contributed by atoms with Gasteiger partial charge in [0.2, 0.25) is 5.91 Å². The minimum absolute atomic E-state index is 0.147. The van der Waals surface area contributed by atoms with Crippen LogP contribution >= 0.6 is 11.8 Å². The van der Waals surface area contributed by atoms with Crippen molar-refractivity contribution in [2.24, 2.45) is 0 Å². The summed E-state index contributed by atoms with van der Waals surface area (Å²) in [6.07, 6.45) is -0.444. The summed E-state index contributed by atoms with van der Waals surface area (Å²) in [7, 11) is 1.59. The summed E-state index contributed by atoms with van der Waals surface area (Å²) >= 11 is 1.28. The van der Waals surface area contributed by atoms with E-state index in [1.54, 1.807) is 19.2 Å². The Labute approximate surface area is 207 Å². The molecule has 9 heteroatoms. The molecule has 0 spiro atoms. The summed E-state index contributed by atoms with van der Waals surface area (Å²) in [6, 6.07) is 23.1. The van der Waals surface area contributed by atoms with Crippen molar-refractivity contribution >= 4 is 17.7 Å². The highest BCUT2D eigenvalue weighted by Gasteiger charge is 2.22. The van der Waals surface area contributed by atoms with E-state index < -0.39 is 6.10 Å². The third-order valence-corrected chi connectivity index (χ3v) is 6.07. The number of halogens is 1. The Morgan fingerprint density at radius 2 is 1.69 bits per heavy atom. The van der Waals surface area contributed by atoms with E-state index >= 15 is 0 Å². The van der Waals surface area contributed by atoms with Crippen LogP contribution in [0.15, 0.2) is 84.0 Å². The number of ether oxygens (including phenoxy) is 2. The van der Waals surface area contributed by atoms with E-state index in [0.29, 0.717) is 29.0 Å². The van der Waals surface area contributed by atoms with Crippen molar-refractivity contribution in [1.82, 2.24) is 20.1 Å². The number of amides is 1. The van der Waals surface area contributed by atoms with Crippen LogP contribution < -0.4 is 14.8 Å². The van der Waals surface area contributed by atoms with Gasteiger partial charge in [0.25, 0.3) is 0 Å². The Morgan fingerprint density at radius 1 is 1.00 bits per heavy atom. The van der Waals surface area contributed by atoms with Gasteiger partial charge in [-0.1, -0.05) is 54.2 Å². The molecule has 1 heterocycles. The Bertz CT molecular complexity index is 1270. The second-order valence-corrected chi connectivity index (χ2v) is 8.56. The molecule has 1 N–H and O–H groups in total. The maximum absolute atomic E-state index is 13.1. The first kappa shape index (κ1) is 24.3. The van der Waals surface area contributed by atoms with E-state index in [0.717, 1.165) is 11.3 Å². The lowest BCUT2D eigenvalue weighted by molar-refractivity contribution is -0.118. The molecule has 0 fully saturated rings. The van der Waals surface area contributed by atoms with Crippen LogP contribution in [0.1, 0.15) is 24.4 Å². The fourth-order valence-corrected chi connectivity index (χ4v) is 4.19. The molecule has 1 aromatic heterocycles. The quantitative estimate of drug-likeness (QED) is 0.315. The molecule has 4 aromatic rings. The van der Waals surface area contributed by atoms with E-state index in [1.807, 2.05) is 66.1 Å². The number of nitrogens with zero attached hydrogens (tertiary/aromatic N) is 3. The molecule has 0 radical (unpaired) electrons. The van der Waals surface area contributed by atoms with Gasteiger partial charge in [-0.15, -0.1) is 10.2 Å². The van der Waals surface area contributed by atoms with Crippen LogP contribution in [0.5, 0.6) is 11.5 Å². The molecule has 7 nitrogen and oxygen atoms in total. The Hall–Kier alpha value is -3.85. The normalized spacial score (nSPS) is 11.6. The highest BCUT2D eigenvalue weighted by atomic mass is 32.2. The van der Waals surface area contributed by atoms with Gasteiger partial charge in [0.15, 0.2) is 28.6 Å². The highest BCUT2D eigenvalue weighted by Crippen LogP contribution is 2.32. The van der Waals surface area contributed by atoms with Crippen molar-refractivity contribution < 1.29 is 18.7 Å². The molecular weight excluding hydrogens is 467 g/mol. The maximum Gasteiger partial charge on any atom is 0.230 e. The summed E-state index contributed by atoms with van der Waals surface area (Å²) in [5.41, 5.74) is 1.68. The zero-order chi connectivity index (χ0) is 24.6. The Kier molecular flexibility index (Phi) is 7.99. The third kappa shape index (κ3) is 6.19. The second kappa shape index (κ2) is 11.5. The van der Waals surface area contributed by atoms with Crippen LogP contribution in [-0.2, 0) is 11.3 Å². The largest absolute Gasteiger partial charge is 0.493 e. The SMILES string of the molecule is COc1ccccc1OC(C)c1nnc(SCC(=O)NCc2ccc(F)cc2)n1-c1ccccc1. The molecule has 0 aliphatic rings. The van der Waals surface area contributed by atoms with Gasteiger partial charge in [-0.05, 0) is 48.9 Å². The second-order valence-electron chi connectivity index (χ2n) is 7.61. The number of hydrogen-bond donors (Lipinski definition) is 1. The van der Waals surface area contributed by atoms with Crippen molar-refractivity contribution in [3.63, 3.8) is 0 Å². The Morgan fingerprint density at radius 3 is 2.40 bits per heavy atom. The lowest BCUT2D eigenvalue weighted by Crippen LogP contribution is -2.24. The first-order valence-electron chi connectivity index (χ1n) is 11.0. The van der Waals surface area contributed by atoms with Gasteiger partial charge >= 0.3 is 0 Å². The van der Waals surface area contributed by atoms with Crippen molar-refractivity contribution in [3.8, 4) is 17.2 Å². The summed E-state index contributed by atoms with van der Waals surface area (Å²) in [5, 5.41) is 12.1. The zero-order valence-corrected chi connectivity index (χ0v) is 20.2. The van der Waals surface area contributed by atoms with Crippen LogP contribution in [0.3, 0.4) is 0 Å². The van der Waals surface area contributed by atoms with Gasteiger partial charge in [0.1, 0.15) is 5.82 Å². The number of methoxy groups -OCH3 is 1. The molecule has 4 rings (SSSR count). The van der Waals surface area contributed by atoms with Crippen LogP contribution in [-0.4, -0.2) is 33.5 Å². The summed E-state index contributed by atoms with van der Waals surface area (Å²) in [4.78, 5) is 12.5. The number of rotatable bonds is 10. The fraction of sp³-hybridized carbons (Fsp3) is 0.192. The minimum atomic E-state index is -0.444. The molecule has 0 aliphatic carbocycles. The number of thioether (sulfide) groups is 1. The number of aromatic nitrogens is 3. The lowest BCUT2D eigenvalue weighted by Gasteiger charge is -2.18. The first-order chi connectivity index (χ1) is 17.0. The van der Waals surface area contributed by atoms with E-state index in [4.69, 9.17) is 9.47 Å². The minimum Gasteiger partial charge on any atom is -0.493 e. The number of para-hydroxylation sites is 3. The number of benzene rings is 3. The van der Waals surface area contributed by atoms with Crippen molar-refractivity contribution in [2.45, 2.75) is 24.7 Å². The fourth-order valence-electron chi connectivity index (χ4n) is 3.40. The zero-order valence-electron chi connectivity index (χ0n) is 19.3. The lowest BCUT2D eigenvalue weighted by atomic mass is 10.2. The van der Waals surface area contributed by atoms with Crippen molar-refractivity contribution in [3.05, 3.63) is 96.1 Å². The standard InChI is InChI=1S/C26H25FN4O3S/c1-18(34-23-11-7-6-10-22(23)33-2)25-29-30-26(31(25)21-8-4-3-5-9-21)35-17-24(32)28-16-19-12-14-20(27)15-13-19/h3-15,18H,16-17H2,1-2H3,(H,28,32). The first-order valence-corrected chi connectivity index (χ1v) is 12.0. The monoisotopic (exact) mass is 492 g/mol. The molecule has 180 valence electrons. The van der Waals surface area contributed by atoms with Crippen molar-refractivity contribution in [2.75, 3.05) is 12.9 Å². The molecule has 1 amide bonds.